The summed E-state index contributed by atoms with van der Waals surface area (Å²) in [4.78, 5) is 18.5. The maximum absolute atomic E-state index is 12.5. The number of nitrogens with zero attached hydrogens (tertiary/aromatic N) is 3. The molecule has 158 valence electrons. The summed E-state index contributed by atoms with van der Waals surface area (Å²) >= 11 is 0. The minimum Gasteiger partial charge on any atom is -0.497 e. The Morgan fingerprint density at radius 1 is 1.03 bits per heavy atom. The highest BCUT2D eigenvalue weighted by atomic mass is 16.5. The zero-order chi connectivity index (χ0) is 21.5. The standard InChI is InChI=1S/C22H25N3O5/c1-25(21(26)11-9-15-8-10-18(28-3)19(12-15)29-4)14-20-23-22(24-30-20)16-6-5-7-17(13-16)27-2/h5-8,10,12-13H,9,11,14H2,1-4H3. The lowest BCUT2D eigenvalue weighted by Gasteiger charge is -2.15. The van der Waals surface area contributed by atoms with Gasteiger partial charge < -0.3 is 23.6 Å². The van der Waals surface area contributed by atoms with Crippen molar-refractivity contribution >= 4 is 5.91 Å². The first-order valence-electron chi connectivity index (χ1n) is 9.46. The van der Waals surface area contributed by atoms with Crippen LogP contribution >= 0.6 is 0 Å². The van der Waals surface area contributed by atoms with Gasteiger partial charge in [-0.2, -0.15) is 4.98 Å². The van der Waals surface area contributed by atoms with Crippen LogP contribution in [0.15, 0.2) is 47.0 Å². The molecule has 0 unspecified atom stereocenters. The normalized spacial score (nSPS) is 10.5. The van der Waals surface area contributed by atoms with Crippen LogP contribution in [0, 0.1) is 0 Å². The van der Waals surface area contributed by atoms with Gasteiger partial charge in [0.1, 0.15) is 5.75 Å². The highest BCUT2D eigenvalue weighted by Crippen LogP contribution is 2.28. The summed E-state index contributed by atoms with van der Waals surface area (Å²) < 4.78 is 21.1. The van der Waals surface area contributed by atoms with E-state index in [0.29, 0.717) is 41.8 Å². The fourth-order valence-electron chi connectivity index (χ4n) is 2.97. The Kier molecular flexibility index (Phi) is 6.90. The van der Waals surface area contributed by atoms with E-state index < -0.39 is 0 Å². The monoisotopic (exact) mass is 411 g/mol. The molecule has 2 aromatic carbocycles. The quantitative estimate of drug-likeness (QED) is 0.534. The molecule has 0 aliphatic carbocycles. The van der Waals surface area contributed by atoms with Crippen LogP contribution < -0.4 is 14.2 Å². The lowest BCUT2D eigenvalue weighted by atomic mass is 10.1. The molecule has 0 saturated heterocycles. The average Bonchev–Trinajstić information content (AvgIpc) is 3.25. The SMILES string of the molecule is COc1cccc(-c2noc(CN(C)C(=O)CCc3ccc(OC)c(OC)c3)n2)c1. The molecule has 0 aliphatic heterocycles. The van der Waals surface area contributed by atoms with Crippen molar-refractivity contribution in [2.75, 3.05) is 28.4 Å². The minimum absolute atomic E-state index is 0.0223. The fraction of sp³-hybridized carbons (Fsp3) is 0.318. The van der Waals surface area contributed by atoms with Crippen LogP contribution in [0.5, 0.6) is 17.2 Å². The molecule has 0 saturated carbocycles. The molecule has 0 aliphatic rings. The second kappa shape index (κ2) is 9.78. The Balaban J connectivity index is 1.57. The Morgan fingerprint density at radius 3 is 2.57 bits per heavy atom. The molecule has 3 aromatic rings. The van der Waals surface area contributed by atoms with Crippen LogP contribution in [0.2, 0.25) is 0 Å². The number of carbonyl (C=O) groups excluding carboxylic acids is 1. The number of aryl methyl sites for hydroxylation is 1. The van der Waals surface area contributed by atoms with E-state index in [1.54, 1.807) is 33.3 Å². The molecule has 1 amide bonds. The van der Waals surface area contributed by atoms with Gasteiger partial charge in [-0.25, -0.2) is 0 Å². The highest BCUT2D eigenvalue weighted by molar-refractivity contribution is 5.76. The number of aromatic nitrogens is 2. The van der Waals surface area contributed by atoms with Crippen molar-refractivity contribution in [3.05, 3.63) is 53.9 Å². The molecule has 8 heteroatoms. The van der Waals surface area contributed by atoms with Gasteiger partial charge in [0.15, 0.2) is 11.5 Å². The van der Waals surface area contributed by atoms with Gasteiger partial charge in [-0.3, -0.25) is 4.79 Å². The van der Waals surface area contributed by atoms with Crippen molar-refractivity contribution in [1.29, 1.82) is 0 Å². The van der Waals surface area contributed by atoms with Crippen molar-refractivity contribution in [1.82, 2.24) is 15.0 Å². The molecule has 0 bridgehead atoms. The zero-order valence-corrected chi connectivity index (χ0v) is 17.5. The average molecular weight is 411 g/mol. The van der Waals surface area contributed by atoms with Crippen LogP contribution in [0.25, 0.3) is 11.4 Å². The minimum atomic E-state index is -0.0223. The summed E-state index contributed by atoms with van der Waals surface area (Å²) in [5.41, 5.74) is 1.78. The smallest absolute Gasteiger partial charge is 0.246 e. The molecule has 1 heterocycles. The molecular weight excluding hydrogens is 386 g/mol. The molecule has 0 atom stereocenters. The van der Waals surface area contributed by atoms with Gasteiger partial charge in [-0.15, -0.1) is 0 Å². The second-order valence-electron chi connectivity index (χ2n) is 6.68. The fourth-order valence-corrected chi connectivity index (χ4v) is 2.97. The Morgan fingerprint density at radius 2 is 1.83 bits per heavy atom. The van der Waals surface area contributed by atoms with Gasteiger partial charge in [-0.1, -0.05) is 23.4 Å². The summed E-state index contributed by atoms with van der Waals surface area (Å²) in [5, 5.41) is 4.00. The summed E-state index contributed by atoms with van der Waals surface area (Å²) in [5.74, 6) is 2.82. The second-order valence-corrected chi connectivity index (χ2v) is 6.68. The van der Waals surface area contributed by atoms with E-state index >= 15 is 0 Å². The summed E-state index contributed by atoms with van der Waals surface area (Å²) in [6, 6.07) is 13.0. The molecule has 3 rings (SSSR count). The summed E-state index contributed by atoms with van der Waals surface area (Å²) in [6.45, 7) is 0.238. The van der Waals surface area contributed by atoms with E-state index in [4.69, 9.17) is 18.7 Å². The van der Waals surface area contributed by atoms with E-state index in [9.17, 15) is 4.79 Å². The first-order chi connectivity index (χ1) is 14.5. The van der Waals surface area contributed by atoms with Gasteiger partial charge in [0.05, 0.1) is 27.9 Å². The zero-order valence-electron chi connectivity index (χ0n) is 17.5. The predicted molar refractivity (Wildman–Crippen MR) is 111 cm³/mol. The third-order valence-electron chi connectivity index (χ3n) is 4.67. The van der Waals surface area contributed by atoms with Crippen molar-refractivity contribution < 1.29 is 23.5 Å². The van der Waals surface area contributed by atoms with Gasteiger partial charge in [0, 0.05) is 19.0 Å². The van der Waals surface area contributed by atoms with Crippen LogP contribution in [-0.4, -0.2) is 49.3 Å². The number of ether oxygens (including phenoxy) is 3. The van der Waals surface area contributed by atoms with Crippen LogP contribution in [0.4, 0.5) is 0 Å². The van der Waals surface area contributed by atoms with Crippen molar-refractivity contribution in [3.8, 4) is 28.6 Å². The molecule has 0 N–H and O–H groups in total. The Hall–Kier alpha value is -3.55. The Labute approximate surface area is 175 Å². The van der Waals surface area contributed by atoms with E-state index in [2.05, 4.69) is 10.1 Å². The number of amides is 1. The van der Waals surface area contributed by atoms with E-state index in [1.807, 2.05) is 42.5 Å². The predicted octanol–water partition coefficient (Wildman–Crippen LogP) is 3.35. The van der Waals surface area contributed by atoms with Crippen LogP contribution in [0.3, 0.4) is 0 Å². The van der Waals surface area contributed by atoms with E-state index in [-0.39, 0.29) is 12.5 Å². The number of hydrogen-bond acceptors (Lipinski definition) is 7. The number of carbonyl (C=O) groups is 1. The summed E-state index contributed by atoms with van der Waals surface area (Å²) in [6.07, 6.45) is 0.936. The molecule has 0 fully saturated rings. The van der Waals surface area contributed by atoms with Crippen molar-refractivity contribution in [2.24, 2.45) is 0 Å². The lowest BCUT2D eigenvalue weighted by Crippen LogP contribution is -2.26. The Bertz CT molecular complexity index is 1000. The first kappa shape index (κ1) is 21.2. The lowest BCUT2D eigenvalue weighted by molar-refractivity contribution is -0.130. The topological polar surface area (TPSA) is 86.9 Å². The van der Waals surface area contributed by atoms with Crippen LogP contribution in [-0.2, 0) is 17.8 Å². The maximum Gasteiger partial charge on any atom is 0.246 e. The molecule has 0 radical (unpaired) electrons. The molecule has 8 nitrogen and oxygen atoms in total. The highest BCUT2D eigenvalue weighted by Gasteiger charge is 2.15. The number of rotatable bonds is 9. The van der Waals surface area contributed by atoms with Gasteiger partial charge in [-0.05, 0) is 36.2 Å². The van der Waals surface area contributed by atoms with Gasteiger partial charge in [0.2, 0.25) is 17.6 Å². The molecule has 1 aromatic heterocycles. The van der Waals surface area contributed by atoms with Crippen LogP contribution in [0.1, 0.15) is 17.9 Å². The van der Waals surface area contributed by atoms with Crippen molar-refractivity contribution in [3.63, 3.8) is 0 Å². The maximum atomic E-state index is 12.5. The molecule has 0 spiro atoms. The third-order valence-corrected chi connectivity index (χ3v) is 4.67. The molecular formula is C22H25N3O5. The van der Waals surface area contributed by atoms with Gasteiger partial charge in [0.25, 0.3) is 0 Å². The number of methoxy groups -OCH3 is 3. The molecule has 30 heavy (non-hydrogen) atoms. The van der Waals surface area contributed by atoms with Crippen molar-refractivity contribution in [2.45, 2.75) is 19.4 Å². The van der Waals surface area contributed by atoms with E-state index in [1.165, 1.54) is 0 Å². The summed E-state index contributed by atoms with van der Waals surface area (Å²) in [7, 11) is 6.49. The largest absolute Gasteiger partial charge is 0.497 e. The number of hydrogen-bond donors (Lipinski definition) is 0. The first-order valence-corrected chi connectivity index (χ1v) is 9.46. The third kappa shape index (κ3) is 5.08. The number of benzene rings is 2. The van der Waals surface area contributed by atoms with E-state index in [0.717, 1.165) is 11.1 Å². The van der Waals surface area contributed by atoms with Gasteiger partial charge >= 0.3 is 0 Å².